The number of carbonyl (C=O) groups excluding carboxylic acids is 2. The van der Waals surface area contributed by atoms with Crippen LogP contribution in [0.3, 0.4) is 0 Å². The number of piperidine rings is 1. The standard InChI is InChI=1S/C18H22Cl2N2O4/c19-12-3-4-15(14(20)10-12)26-11-17(23)22-7-5-13(6-8-22)21-18(24)16-2-1-9-25-16/h3-4,10,13,16H,1-2,5-9,11H2,(H,21,24). The number of benzene rings is 1. The molecule has 26 heavy (non-hydrogen) atoms. The normalized spacial score (nSPS) is 20.8. The van der Waals surface area contributed by atoms with Gasteiger partial charge in [-0.15, -0.1) is 0 Å². The van der Waals surface area contributed by atoms with Crippen LogP contribution in [0.1, 0.15) is 25.7 Å². The number of nitrogens with zero attached hydrogens (tertiary/aromatic N) is 1. The summed E-state index contributed by atoms with van der Waals surface area (Å²) in [7, 11) is 0. The lowest BCUT2D eigenvalue weighted by atomic mass is 10.0. The quantitative estimate of drug-likeness (QED) is 0.824. The van der Waals surface area contributed by atoms with Gasteiger partial charge in [-0.05, 0) is 43.9 Å². The van der Waals surface area contributed by atoms with Gasteiger partial charge in [0.25, 0.3) is 5.91 Å². The number of hydrogen-bond donors (Lipinski definition) is 1. The Morgan fingerprint density at radius 1 is 1.23 bits per heavy atom. The predicted octanol–water partition coefficient (Wildman–Crippen LogP) is 2.66. The average molecular weight is 401 g/mol. The van der Waals surface area contributed by atoms with Gasteiger partial charge < -0.3 is 19.7 Å². The molecule has 2 aliphatic heterocycles. The summed E-state index contributed by atoms with van der Waals surface area (Å²) in [6.45, 7) is 1.76. The maximum absolute atomic E-state index is 12.3. The highest BCUT2D eigenvalue weighted by molar-refractivity contribution is 6.35. The molecule has 2 fully saturated rings. The molecule has 1 N–H and O–H groups in total. The van der Waals surface area contributed by atoms with E-state index in [1.165, 1.54) is 0 Å². The minimum absolute atomic E-state index is 0.0343. The van der Waals surface area contributed by atoms with Crippen LogP contribution < -0.4 is 10.1 Å². The molecule has 0 saturated carbocycles. The molecule has 2 saturated heterocycles. The van der Waals surface area contributed by atoms with E-state index < -0.39 is 0 Å². The second-order valence-corrected chi connectivity index (χ2v) is 7.37. The first kappa shape index (κ1) is 19.3. The van der Waals surface area contributed by atoms with Crippen molar-refractivity contribution in [3.05, 3.63) is 28.2 Å². The number of hydrogen-bond acceptors (Lipinski definition) is 4. The molecule has 8 heteroatoms. The molecule has 1 aromatic rings. The lowest BCUT2D eigenvalue weighted by Gasteiger charge is -2.32. The highest BCUT2D eigenvalue weighted by Gasteiger charge is 2.28. The van der Waals surface area contributed by atoms with E-state index >= 15 is 0 Å². The van der Waals surface area contributed by atoms with Crippen molar-refractivity contribution in [2.24, 2.45) is 0 Å². The van der Waals surface area contributed by atoms with Crippen LogP contribution in [-0.2, 0) is 14.3 Å². The van der Waals surface area contributed by atoms with E-state index in [0.29, 0.717) is 35.5 Å². The van der Waals surface area contributed by atoms with E-state index in [9.17, 15) is 9.59 Å². The number of likely N-dealkylation sites (tertiary alicyclic amines) is 1. The van der Waals surface area contributed by atoms with E-state index in [2.05, 4.69) is 5.32 Å². The van der Waals surface area contributed by atoms with Crippen molar-refractivity contribution in [1.29, 1.82) is 0 Å². The second kappa shape index (κ2) is 8.93. The Balaban J connectivity index is 1.41. The first-order valence-corrected chi connectivity index (χ1v) is 9.56. The van der Waals surface area contributed by atoms with Gasteiger partial charge in [-0.25, -0.2) is 0 Å². The monoisotopic (exact) mass is 400 g/mol. The van der Waals surface area contributed by atoms with Crippen LogP contribution in [0.2, 0.25) is 10.0 Å². The summed E-state index contributed by atoms with van der Waals surface area (Å²) in [4.78, 5) is 26.1. The Bertz CT molecular complexity index is 657. The van der Waals surface area contributed by atoms with E-state index in [-0.39, 0.29) is 30.6 Å². The zero-order chi connectivity index (χ0) is 18.5. The van der Waals surface area contributed by atoms with Crippen LogP contribution in [0, 0.1) is 0 Å². The summed E-state index contributed by atoms with van der Waals surface area (Å²) in [6.07, 6.45) is 2.86. The number of rotatable bonds is 5. The molecule has 1 aromatic carbocycles. The van der Waals surface area contributed by atoms with Crippen molar-refractivity contribution in [1.82, 2.24) is 10.2 Å². The summed E-state index contributed by atoms with van der Waals surface area (Å²) < 4.78 is 10.9. The average Bonchev–Trinajstić information content (AvgIpc) is 3.16. The van der Waals surface area contributed by atoms with Gasteiger partial charge >= 0.3 is 0 Å². The van der Waals surface area contributed by atoms with Gasteiger partial charge in [0.1, 0.15) is 11.9 Å². The zero-order valence-electron chi connectivity index (χ0n) is 14.4. The third-order valence-electron chi connectivity index (χ3n) is 4.66. The number of nitrogens with one attached hydrogen (secondary N) is 1. The molecule has 0 aliphatic carbocycles. The fraction of sp³-hybridized carbons (Fsp3) is 0.556. The van der Waals surface area contributed by atoms with Crippen molar-refractivity contribution in [3.8, 4) is 5.75 Å². The molecule has 6 nitrogen and oxygen atoms in total. The van der Waals surface area contributed by atoms with E-state index in [1.807, 2.05) is 0 Å². The van der Waals surface area contributed by atoms with Crippen molar-refractivity contribution in [3.63, 3.8) is 0 Å². The highest BCUT2D eigenvalue weighted by atomic mass is 35.5. The van der Waals surface area contributed by atoms with Crippen LogP contribution in [0.4, 0.5) is 0 Å². The van der Waals surface area contributed by atoms with Crippen molar-refractivity contribution >= 4 is 35.0 Å². The number of ether oxygens (including phenoxy) is 2. The van der Waals surface area contributed by atoms with Crippen LogP contribution in [0.25, 0.3) is 0 Å². The Morgan fingerprint density at radius 2 is 2.00 bits per heavy atom. The topological polar surface area (TPSA) is 67.9 Å². The zero-order valence-corrected chi connectivity index (χ0v) is 15.9. The first-order chi connectivity index (χ1) is 12.5. The minimum atomic E-state index is -0.313. The molecule has 1 unspecified atom stereocenters. The fourth-order valence-electron chi connectivity index (χ4n) is 3.17. The molecule has 0 radical (unpaired) electrons. The molecule has 0 bridgehead atoms. The largest absolute Gasteiger partial charge is 0.482 e. The molecule has 0 spiro atoms. The lowest BCUT2D eigenvalue weighted by molar-refractivity contribution is -0.135. The summed E-state index contributed by atoms with van der Waals surface area (Å²) in [6, 6.07) is 4.97. The molecule has 0 aromatic heterocycles. The predicted molar refractivity (Wildman–Crippen MR) is 98.7 cm³/mol. The second-order valence-electron chi connectivity index (χ2n) is 6.53. The van der Waals surface area contributed by atoms with E-state index in [1.54, 1.807) is 23.1 Å². The van der Waals surface area contributed by atoms with Crippen LogP contribution in [0.15, 0.2) is 18.2 Å². The van der Waals surface area contributed by atoms with Crippen molar-refractivity contribution < 1.29 is 19.1 Å². The summed E-state index contributed by atoms with van der Waals surface area (Å²) in [5.74, 6) is 0.302. The van der Waals surface area contributed by atoms with Gasteiger partial charge in [0, 0.05) is 30.8 Å². The maximum atomic E-state index is 12.3. The highest BCUT2D eigenvalue weighted by Crippen LogP contribution is 2.27. The molecular formula is C18H22Cl2N2O4. The smallest absolute Gasteiger partial charge is 0.260 e. The van der Waals surface area contributed by atoms with Gasteiger partial charge in [0.05, 0.1) is 5.02 Å². The SMILES string of the molecule is O=C(NC1CCN(C(=O)COc2ccc(Cl)cc2Cl)CC1)C1CCCO1. The van der Waals surface area contributed by atoms with E-state index in [0.717, 1.165) is 25.7 Å². The number of amides is 2. The number of halogens is 2. The fourth-order valence-corrected chi connectivity index (χ4v) is 3.64. The molecule has 2 aliphatic rings. The molecule has 2 amide bonds. The summed E-state index contributed by atoms with van der Waals surface area (Å²) in [5.41, 5.74) is 0. The lowest BCUT2D eigenvalue weighted by Crippen LogP contribution is -2.49. The van der Waals surface area contributed by atoms with Crippen molar-refractivity contribution in [2.75, 3.05) is 26.3 Å². The third kappa shape index (κ3) is 5.02. The van der Waals surface area contributed by atoms with Crippen LogP contribution >= 0.6 is 23.2 Å². The van der Waals surface area contributed by atoms with Gasteiger partial charge in [-0.1, -0.05) is 23.2 Å². The summed E-state index contributed by atoms with van der Waals surface area (Å²) >= 11 is 11.9. The van der Waals surface area contributed by atoms with Gasteiger partial charge in [0.2, 0.25) is 5.91 Å². The molecule has 1 atom stereocenters. The maximum Gasteiger partial charge on any atom is 0.260 e. The van der Waals surface area contributed by atoms with E-state index in [4.69, 9.17) is 32.7 Å². The first-order valence-electron chi connectivity index (χ1n) is 8.80. The Kier molecular flexibility index (Phi) is 6.62. The third-order valence-corrected chi connectivity index (χ3v) is 5.19. The molecule has 142 valence electrons. The van der Waals surface area contributed by atoms with Crippen molar-refractivity contribution in [2.45, 2.75) is 37.8 Å². The van der Waals surface area contributed by atoms with Crippen LogP contribution in [0.5, 0.6) is 5.75 Å². The van der Waals surface area contributed by atoms with Crippen LogP contribution in [-0.4, -0.2) is 55.2 Å². The Labute approximate surface area is 162 Å². The molecular weight excluding hydrogens is 379 g/mol. The van der Waals surface area contributed by atoms with Gasteiger partial charge in [-0.3, -0.25) is 9.59 Å². The van der Waals surface area contributed by atoms with Gasteiger partial charge in [-0.2, -0.15) is 0 Å². The Morgan fingerprint density at radius 3 is 2.65 bits per heavy atom. The van der Waals surface area contributed by atoms with Gasteiger partial charge in [0.15, 0.2) is 6.61 Å². The molecule has 2 heterocycles. The summed E-state index contributed by atoms with van der Waals surface area (Å²) in [5, 5.41) is 3.92. The molecule has 3 rings (SSSR count). The number of carbonyl (C=O) groups is 2. The Hall–Kier alpha value is -1.50. The minimum Gasteiger partial charge on any atom is -0.482 e.